The summed E-state index contributed by atoms with van der Waals surface area (Å²) in [6.45, 7) is 0.137. The number of primary amides is 1. The highest BCUT2D eigenvalue weighted by Gasteiger charge is 2.60. The largest absolute Gasteiger partial charge is 0.410 e. The number of nitrogens with two attached hydrogens (primary N) is 1. The van der Waals surface area contributed by atoms with Gasteiger partial charge >= 0.3 is 16.4 Å². The molecule has 3 amide bonds. The van der Waals surface area contributed by atoms with E-state index in [1.54, 1.807) is 0 Å². The van der Waals surface area contributed by atoms with Crippen molar-refractivity contribution in [2.24, 2.45) is 5.73 Å². The van der Waals surface area contributed by atoms with Crippen LogP contribution in [-0.2, 0) is 15.1 Å². The van der Waals surface area contributed by atoms with E-state index in [4.69, 9.17) is 15.0 Å². The van der Waals surface area contributed by atoms with Crippen LogP contribution in [0.3, 0.4) is 0 Å². The first-order valence-corrected chi connectivity index (χ1v) is 8.66. The van der Waals surface area contributed by atoms with Gasteiger partial charge in [-0.1, -0.05) is 0 Å². The van der Waals surface area contributed by atoms with Crippen molar-refractivity contribution in [1.82, 2.24) is 9.21 Å². The molecule has 0 unspecified atom stereocenters. The van der Waals surface area contributed by atoms with E-state index < -0.39 is 40.3 Å². The fourth-order valence-corrected chi connectivity index (χ4v) is 4.46. The second kappa shape index (κ2) is 5.18. The van der Waals surface area contributed by atoms with E-state index in [2.05, 4.69) is 0 Å². The molecular weight excluding hydrogens is 350 g/mol. The summed E-state index contributed by atoms with van der Waals surface area (Å²) in [5, 5.41) is 1.52. The monoisotopic (exact) mass is 361 g/mol. The number of amides is 3. The predicted molar refractivity (Wildman–Crippen MR) is 76.2 cm³/mol. The fraction of sp³-hybridized carbons (Fsp3) is 0.364. The van der Waals surface area contributed by atoms with Gasteiger partial charge in [-0.2, -0.15) is 8.42 Å². The van der Waals surface area contributed by atoms with Crippen molar-refractivity contribution < 1.29 is 32.1 Å². The van der Waals surface area contributed by atoms with Gasteiger partial charge in [0.1, 0.15) is 6.04 Å². The summed E-state index contributed by atoms with van der Waals surface area (Å²) in [5.74, 6) is -1.44. The molecule has 2 fully saturated rings. The van der Waals surface area contributed by atoms with E-state index in [1.807, 2.05) is 0 Å². The van der Waals surface area contributed by atoms with Crippen LogP contribution in [0.5, 0.6) is 5.06 Å². The molecule has 0 saturated carbocycles. The second-order valence-corrected chi connectivity index (χ2v) is 7.12. The Morgan fingerprint density at radius 1 is 1.43 bits per heavy atom. The minimum atomic E-state index is -4.63. The third-order valence-corrected chi connectivity index (χ3v) is 5.44. The van der Waals surface area contributed by atoms with Crippen LogP contribution in [0.15, 0.2) is 11.4 Å². The molecule has 1 aromatic rings. The molecule has 23 heavy (non-hydrogen) atoms. The number of carbonyl (C=O) groups excluding carboxylic acids is 3. The number of β-lactam (4-membered cyclic amide) rings is 1. The first-order valence-electron chi connectivity index (χ1n) is 6.38. The summed E-state index contributed by atoms with van der Waals surface area (Å²) in [6.07, 6.45) is -0.851. The lowest BCUT2D eigenvalue weighted by atomic mass is 10.00. The van der Waals surface area contributed by atoms with E-state index in [0.29, 0.717) is 4.31 Å². The van der Waals surface area contributed by atoms with Gasteiger partial charge < -0.3 is 15.4 Å². The average Bonchev–Trinajstić information content (AvgIpc) is 2.99. The van der Waals surface area contributed by atoms with Crippen LogP contribution in [0.25, 0.3) is 0 Å². The molecule has 2 aliphatic heterocycles. The number of ether oxygens (including phenoxy) is 1. The van der Waals surface area contributed by atoms with Crippen molar-refractivity contribution in [1.29, 1.82) is 0 Å². The van der Waals surface area contributed by atoms with E-state index in [9.17, 15) is 22.8 Å². The molecule has 0 aliphatic carbocycles. The fourth-order valence-electron chi connectivity index (χ4n) is 2.82. The first-order chi connectivity index (χ1) is 10.7. The molecule has 2 atom stereocenters. The van der Waals surface area contributed by atoms with Gasteiger partial charge in [0.25, 0.3) is 11.8 Å². The van der Waals surface area contributed by atoms with Crippen LogP contribution >= 0.6 is 11.3 Å². The SMILES string of the molecule is NC(=O)Oc1sccc1C(=O)N1CC[C@@H]2[C@H]1C(=O)N2S(=O)(=O)O. The predicted octanol–water partition coefficient (Wildman–Crippen LogP) is -0.566. The Hall–Kier alpha value is -2.18. The number of hydrogen-bond donors (Lipinski definition) is 2. The lowest BCUT2D eigenvalue weighted by molar-refractivity contribution is -0.143. The standard InChI is InChI=1S/C11H11N3O7S2/c12-11(17)21-10-5(2-4-22-10)8(15)13-3-1-6-7(13)9(16)14(6)23(18,19)20/h2,4,6-7H,1,3H2,(H2,12,17)(H,18,19,20)/t6-,7+/m1/s1. The van der Waals surface area contributed by atoms with Crippen molar-refractivity contribution in [3.05, 3.63) is 17.0 Å². The Labute approximate surface area is 134 Å². The molecule has 124 valence electrons. The molecule has 3 rings (SSSR count). The number of rotatable bonds is 3. The topological polar surface area (TPSA) is 147 Å². The first kappa shape index (κ1) is 15.7. The van der Waals surface area contributed by atoms with Gasteiger partial charge in [0, 0.05) is 6.54 Å². The lowest BCUT2D eigenvalue weighted by Gasteiger charge is -2.42. The number of likely N-dealkylation sites (tertiary alicyclic amines) is 1. The Bertz CT molecular complexity index is 802. The Morgan fingerprint density at radius 3 is 2.74 bits per heavy atom. The summed E-state index contributed by atoms with van der Waals surface area (Å²) in [4.78, 5) is 36.5. The van der Waals surface area contributed by atoms with Crippen molar-refractivity contribution in [3.8, 4) is 5.06 Å². The molecule has 12 heteroatoms. The van der Waals surface area contributed by atoms with Gasteiger partial charge in [0.05, 0.1) is 11.6 Å². The maximum absolute atomic E-state index is 12.5. The van der Waals surface area contributed by atoms with Crippen molar-refractivity contribution >= 4 is 39.5 Å². The zero-order valence-electron chi connectivity index (χ0n) is 11.4. The van der Waals surface area contributed by atoms with Gasteiger partial charge in [-0.3, -0.25) is 14.1 Å². The third-order valence-electron chi connectivity index (χ3n) is 3.70. The normalized spacial score (nSPS) is 23.4. The second-order valence-electron chi connectivity index (χ2n) is 4.95. The molecule has 0 spiro atoms. The van der Waals surface area contributed by atoms with Gasteiger partial charge in [-0.25, -0.2) is 9.10 Å². The zero-order valence-corrected chi connectivity index (χ0v) is 13.0. The number of thiophene rings is 1. The van der Waals surface area contributed by atoms with Gasteiger partial charge in [-0.05, 0) is 17.9 Å². The summed E-state index contributed by atoms with van der Waals surface area (Å²) in [6, 6.07) is -0.311. The van der Waals surface area contributed by atoms with Crippen LogP contribution < -0.4 is 10.5 Å². The van der Waals surface area contributed by atoms with Crippen LogP contribution in [-0.4, -0.2) is 58.7 Å². The number of hydrogen-bond acceptors (Lipinski definition) is 7. The summed E-state index contributed by atoms with van der Waals surface area (Å²) in [5.41, 5.74) is 4.98. The smallest absolute Gasteiger partial charge is 0.399 e. The van der Waals surface area contributed by atoms with Crippen molar-refractivity contribution in [2.45, 2.75) is 18.5 Å². The average molecular weight is 361 g/mol. The minimum Gasteiger partial charge on any atom is -0.399 e. The van der Waals surface area contributed by atoms with Gasteiger partial charge in [-0.15, -0.1) is 11.3 Å². The third kappa shape index (κ3) is 2.44. The lowest BCUT2D eigenvalue weighted by Crippen LogP contribution is -2.68. The number of carbonyl (C=O) groups is 3. The highest BCUT2D eigenvalue weighted by molar-refractivity contribution is 7.84. The van der Waals surface area contributed by atoms with Crippen LogP contribution in [0.1, 0.15) is 16.8 Å². The van der Waals surface area contributed by atoms with E-state index in [1.165, 1.54) is 16.3 Å². The van der Waals surface area contributed by atoms with Crippen LogP contribution in [0, 0.1) is 0 Å². The van der Waals surface area contributed by atoms with E-state index >= 15 is 0 Å². The molecule has 3 heterocycles. The molecule has 0 aromatic carbocycles. The van der Waals surface area contributed by atoms with Crippen LogP contribution in [0.2, 0.25) is 0 Å². The molecule has 10 nitrogen and oxygen atoms in total. The molecule has 3 N–H and O–H groups in total. The minimum absolute atomic E-state index is 0.00404. The Balaban J connectivity index is 1.83. The highest BCUT2D eigenvalue weighted by atomic mass is 32.2. The summed E-state index contributed by atoms with van der Waals surface area (Å²) < 4.78 is 36.4. The summed E-state index contributed by atoms with van der Waals surface area (Å²) >= 11 is 0.989. The quantitative estimate of drug-likeness (QED) is 0.541. The molecule has 1 aromatic heterocycles. The Morgan fingerprint density at radius 2 is 2.13 bits per heavy atom. The van der Waals surface area contributed by atoms with Gasteiger partial charge in [0.15, 0.2) is 5.06 Å². The maximum Gasteiger partial charge on any atom is 0.410 e. The number of nitrogens with zero attached hydrogens (tertiary/aromatic N) is 2. The Kier molecular flexibility index (Phi) is 3.54. The van der Waals surface area contributed by atoms with Crippen molar-refractivity contribution in [3.63, 3.8) is 0 Å². The maximum atomic E-state index is 12.5. The molecule has 2 saturated heterocycles. The van der Waals surface area contributed by atoms with E-state index in [-0.39, 0.29) is 23.6 Å². The van der Waals surface area contributed by atoms with Crippen LogP contribution in [0.4, 0.5) is 4.79 Å². The molecule has 2 aliphatic rings. The van der Waals surface area contributed by atoms with Crippen molar-refractivity contribution in [2.75, 3.05) is 6.54 Å². The van der Waals surface area contributed by atoms with E-state index in [0.717, 1.165) is 11.3 Å². The number of fused-ring (bicyclic) bond motifs is 1. The summed E-state index contributed by atoms with van der Waals surface area (Å²) in [7, 11) is -4.63. The molecule has 0 bridgehead atoms. The van der Waals surface area contributed by atoms with Gasteiger partial charge in [0.2, 0.25) is 0 Å². The molecular formula is C11H11N3O7S2. The zero-order chi connectivity index (χ0) is 16.9. The highest BCUT2D eigenvalue weighted by Crippen LogP contribution is 2.38. The molecule has 0 radical (unpaired) electrons.